The molecule has 1 aliphatic carbocycles. The topological polar surface area (TPSA) is 75.4 Å². The van der Waals surface area contributed by atoms with Gasteiger partial charge >= 0.3 is 0 Å². The number of amides is 1. The lowest BCUT2D eigenvalue weighted by Gasteiger charge is -2.27. The lowest BCUT2D eigenvalue weighted by atomic mass is 9.86. The maximum atomic E-state index is 12.2. The molecule has 2 aromatic heterocycles. The predicted octanol–water partition coefficient (Wildman–Crippen LogP) is 2.92. The minimum atomic E-state index is 0.0184. The lowest BCUT2D eigenvalue weighted by molar-refractivity contribution is -0.121. The van der Waals surface area contributed by atoms with Crippen LogP contribution in [0, 0.1) is 12.8 Å². The van der Waals surface area contributed by atoms with Crippen molar-refractivity contribution in [1.29, 1.82) is 0 Å². The fourth-order valence-corrected chi connectivity index (χ4v) is 3.76. The minimum absolute atomic E-state index is 0.0184. The molecular formula is C17H22N2O3S. The highest BCUT2D eigenvalue weighted by Crippen LogP contribution is 2.26. The van der Waals surface area contributed by atoms with Gasteiger partial charge in [-0.15, -0.1) is 11.3 Å². The Balaban J connectivity index is 1.51. The third kappa shape index (κ3) is 4.20. The summed E-state index contributed by atoms with van der Waals surface area (Å²) in [5.74, 6) is 2.03. The Kier molecular flexibility index (Phi) is 5.13. The van der Waals surface area contributed by atoms with Crippen LogP contribution in [0.15, 0.2) is 21.9 Å². The van der Waals surface area contributed by atoms with Crippen molar-refractivity contribution in [3.63, 3.8) is 0 Å². The van der Waals surface area contributed by atoms with E-state index in [1.165, 1.54) is 11.3 Å². The molecular weight excluding hydrogens is 312 g/mol. The zero-order valence-corrected chi connectivity index (χ0v) is 14.1. The highest BCUT2D eigenvalue weighted by molar-refractivity contribution is 7.13. The molecule has 124 valence electrons. The van der Waals surface area contributed by atoms with Crippen LogP contribution in [0.4, 0.5) is 0 Å². The smallest absolute Gasteiger partial charge is 0.226 e. The number of aliphatic hydroxyl groups excluding tert-OH is 1. The maximum Gasteiger partial charge on any atom is 0.226 e. The molecule has 1 saturated carbocycles. The van der Waals surface area contributed by atoms with Crippen LogP contribution in [0.2, 0.25) is 0 Å². The Labute approximate surface area is 139 Å². The Morgan fingerprint density at radius 1 is 1.39 bits per heavy atom. The molecule has 0 atom stereocenters. The van der Waals surface area contributed by atoms with Crippen molar-refractivity contribution in [1.82, 2.24) is 10.3 Å². The molecule has 0 saturated heterocycles. The fraction of sp³-hybridized carbons (Fsp3) is 0.529. The summed E-state index contributed by atoms with van der Waals surface area (Å²) in [5.41, 5.74) is 0.778. The van der Waals surface area contributed by atoms with Crippen molar-refractivity contribution in [2.75, 3.05) is 6.61 Å². The first-order valence-electron chi connectivity index (χ1n) is 8.05. The Morgan fingerprint density at radius 3 is 2.83 bits per heavy atom. The molecule has 3 rings (SSSR count). The van der Waals surface area contributed by atoms with Crippen molar-refractivity contribution in [3.8, 4) is 10.8 Å². The van der Waals surface area contributed by atoms with E-state index in [-0.39, 0.29) is 18.6 Å². The molecule has 2 heterocycles. The number of nitrogens with zero attached hydrogens (tertiary/aromatic N) is 1. The fourth-order valence-electron chi connectivity index (χ4n) is 2.98. The number of aromatic nitrogens is 1. The highest BCUT2D eigenvalue weighted by atomic mass is 32.1. The number of furan rings is 1. The van der Waals surface area contributed by atoms with Gasteiger partial charge < -0.3 is 14.8 Å². The normalized spacial score (nSPS) is 21.3. The zero-order valence-electron chi connectivity index (χ0n) is 13.2. The molecule has 5 nitrogen and oxygen atoms in total. The Hall–Kier alpha value is -1.66. The van der Waals surface area contributed by atoms with Crippen molar-refractivity contribution >= 4 is 17.2 Å². The standard InChI is InChI=1S/C17H22N2O3S/c1-11-2-7-15(22-11)17-19-14(10-23-17)8-16(21)18-13-5-3-12(9-20)4-6-13/h2,7,10,12-13,20H,3-6,8-9H2,1H3,(H,18,21). The van der Waals surface area contributed by atoms with Crippen LogP contribution in [0.5, 0.6) is 0 Å². The van der Waals surface area contributed by atoms with E-state index in [2.05, 4.69) is 10.3 Å². The van der Waals surface area contributed by atoms with E-state index in [0.717, 1.165) is 47.9 Å². The number of hydrogen-bond donors (Lipinski definition) is 2. The Bertz CT molecular complexity index is 656. The third-order valence-electron chi connectivity index (χ3n) is 4.31. The van der Waals surface area contributed by atoms with Gasteiger partial charge in [-0.25, -0.2) is 4.98 Å². The monoisotopic (exact) mass is 334 g/mol. The summed E-state index contributed by atoms with van der Waals surface area (Å²) in [6.45, 7) is 2.16. The van der Waals surface area contributed by atoms with Crippen molar-refractivity contribution in [2.24, 2.45) is 5.92 Å². The summed E-state index contributed by atoms with van der Waals surface area (Å²) in [6, 6.07) is 4.04. The van der Waals surface area contributed by atoms with E-state index in [1.807, 2.05) is 24.4 Å². The number of hydrogen-bond acceptors (Lipinski definition) is 5. The summed E-state index contributed by atoms with van der Waals surface area (Å²) < 4.78 is 5.56. The highest BCUT2D eigenvalue weighted by Gasteiger charge is 2.22. The van der Waals surface area contributed by atoms with E-state index >= 15 is 0 Å². The number of nitrogens with one attached hydrogen (secondary N) is 1. The van der Waals surface area contributed by atoms with E-state index in [0.29, 0.717) is 12.3 Å². The van der Waals surface area contributed by atoms with E-state index < -0.39 is 0 Å². The predicted molar refractivity (Wildman–Crippen MR) is 89.2 cm³/mol. The van der Waals surface area contributed by atoms with Gasteiger partial charge in [0.1, 0.15) is 5.76 Å². The van der Waals surface area contributed by atoms with Gasteiger partial charge in [-0.05, 0) is 50.7 Å². The van der Waals surface area contributed by atoms with Gasteiger partial charge in [0.05, 0.1) is 12.1 Å². The molecule has 2 N–H and O–H groups in total. The molecule has 1 amide bonds. The van der Waals surface area contributed by atoms with Crippen LogP contribution in [0.1, 0.15) is 37.1 Å². The zero-order chi connectivity index (χ0) is 16.2. The molecule has 0 spiro atoms. The van der Waals surface area contributed by atoms with Gasteiger partial charge in [0, 0.05) is 18.0 Å². The summed E-state index contributed by atoms with van der Waals surface area (Å²) in [6.07, 6.45) is 4.17. The van der Waals surface area contributed by atoms with Crippen molar-refractivity contribution in [3.05, 3.63) is 29.0 Å². The number of thiazole rings is 1. The summed E-state index contributed by atoms with van der Waals surface area (Å²) in [7, 11) is 0. The van der Waals surface area contributed by atoms with Crippen molar-refractivity contribution in [2.45, 2.75) is 45.1 Å². The molecule has 2 aromatic rings. The molecule has 1 fully saturated rings. The van der Waals surface area contributed by atoms with E-state index in [4.69, 9.17) is 9.52 Å². The molecule has 23 heavy (non-hydrogen) atoms. The second kappa shape index (κ2) is 7.27. The average molecular weight is 334 g/mol. The van der Waals surface area contributed by atoms with E-state index in [9.17, 15) is 4.79 Å². The maximum absolute atomic E-state index is 12.2. The van der Waals surface area contributed by atoms with Crippen LogP contribution in [0.3, 0.4) is 0 Å². The summed E-state index contributed by atoms with van der Waals surface area (Å²) in [5, 5.41) is 15.0. The van der Waals surface area contributed by atoms with Crippen molar-refractivity contribution < 1.29 is 14.3 Å². The van der Waals surface area contributed by atoms with E-state index in [1.54, 1.807) is 0 Å². The summed E-state index contributed by atoms with van der Waals surface area (Å²) in [4.78, 5) is 16.6. The minimum Gasteiger partial charge on any atom is -0.459 e. The molecule has 0 bridgehead atoms. The van der Waals surface area contributed by atoms with Gasteiger partial charge in [-0.2, -0.15) is 0 Å². The quantitative estimate of drug-likeness (QED) is 0.881. The second-order valence-electron chi connectivity index (χ2n) is 6.20. The molecule has 0 unspecified atom stereocenters. The third-order valence-corrected chi connectivity index (χ3v) is 5.22. The van der Waals surface area contributed by atoms with Gasteiger partial charge in [-0.3, -0.25) is 4.79 Å². The summed E-state index contributed by atoms with van der Waals surface area (Å²) >= 11 is 1.49. The average Bonchev–Trinajstić information content (AvgIpc) is 3.17. The van der Waals surface area contributed by atoms with Crippen LogP contribution in [-0.4, -0.2) is 28.6 Å². The number of carbonyl (C=O) groups excluding carboxylic acids is 1. The van der Waals surface area contributed by atoms with Gasteiger partial charge in [0.2, 0.25) is 5.91 Å². The molecule has 0 aliphatic heterocycles. The first-order valence-corrected chi connectivity index (χ1v) is 8.93. The lowest BCUT2D eigenvalue weighted by Crippen LogP contribution is -2.38. The number of carbonyl (C=O) groups is 1. The SMILES string of the molecule is Cc1ccc(-c2nc(CC(=O)NC3CCC(CO)CC3)cs2)o1. The molecule has 0 radical (unpaired) electrons. The van der Waals surface area contributed by atoms with Crippen LogP contribution in [0.25, 0.3) is 10.8 Å². The first kappa shape index (κ1) is 16.2. The van der Waals surface area contributed by atoms with Crippen LogP contribution < -0.4 is 5.32 Å². The van der Waals surface area contributed by atoms with Crippen LogP contribution >= 0.6 is 11.3 Å². The van der Waals surface area contributed by atoms with Gasteiger partial charge in [0.15, 0.2) is 10.8 Å². The number of rotatable bonds is 5. The Morgan fingerprint density at radius 2 is 2.17 bits per heavy atom. The molecule has 6 heteroatoms. The number of aryl methyl sites for hydroxylation is 1. The molecule has 0 aromatic carbocycles. The second-order valence-corrected chi connectivity index (χ2v) is 7.06. The van der Waals surface area contributed by atoms with Gasteiger partial charge in [-0.1, -0.05) is 0 Å². The largest absolute Gasteiger partial charge is 0.459 e. The first-order chi connectivity index (χ1) is 11.1. The van der Waals surface area contributed by atoms with Gasteiger partial charge in [0.25, 0.3) is 0 Å². The van der Waals surface area contributed by atoms with Crippen LogP contribution in [-0.2, 0) is 11.2 Å². The number of aliphatic hydroxyl groups is 1. The molecule has 1 aliphatic rings.